The van der Waals surface area contributed by atoms with Crippen LogP contribution >= 0.6 is 23.1 Å². The van der Waals surface area contributed by atoms with Crippen LogP contribution in [0, 0.1) is 0 Å². The van der Waals surface area contributed by atoms with E-state index in [0.717, 1.165) is 50.9 Å². The van der Waals surface area contributed by atoms with Gasteiger partial charge in [0.1, 0.15) is 16.2 Å². The van der Waals surface area contributed by atoms with Gasteiger partial charge in [0.05, 0.1) is 21.5 Å². The van der Waals surface area contributed by atoms with E-state index in [-0.39, 0.29) is 16.9 Å². The highest BCUT2D eigenvalue weighted by atomic mass is 32.2. The zero-order valence-electron chi connectivity index (χ0n) is 20.1. The maximum Gasteiger partial charge on any atom is 0.349 e. The molecule has 1 N–H and O–H groups in total. The average molecular weight is 526 g/mol. The van der Waals surface area contributed by atoms with E-state index in [9.17, 15) is 9.59 Å². The molecule has 2 aliphatic rings. The van der Waals surface area contributed by atoms with Crippen LogP contribution in [0.2, 0.25) is 0 Å². The van der Waals surface area contributed by atoms with Gasteiger partial charge in [0.2, 0.25) is 0 Å². The number of nitrogens with one attached hydrogen (secondary N) is 1. The van der Waals surface area contributed by atoms with Crippen molar-refractivity contribution in [2.24, 2.45) is 0 Å². The standard InChI is InChI=1S/C29H23N3O3S2/c1-32-13-12-18-24(15-32)37-28(25(18)27-30-21-8-4-5-9-23(21)36-27)31-26(33)20-14-19-17-7-3-2-6-16(17)10-11-22(19)35-29(20)34/h2-11,14,25,28H,12-13,15H2,1H3,(H,31,33). The first-order valence-electron chi connectivity index (χ1n) is 12.2. The van der Waals surface area contributed by atoms with Gasteiger partial charge >= 0.3 is 5.63 Å². The number of rotatable bonds is 3. The Morgan fingerprint density at radius 3 is 2.81 bits per heavy atom. The molecule has 0 radical (unpaired) electrons. The summed E-state index contributed by atoms with van der Waals surface area (Å²) in [5.41, 5.74) is 2.19. The van der Waals surface area contributed by atoms with Crippen LogP contribution < -0.4 is 10.9 Å². The molecule has 0 spiro atoms. The van der Waals surface area contributed by atoms with Crippen molar-refractivity contribution < 1.29 is 9.21 Å². The Kier molecular flexibility index (Phi) is 5.42. The number of para-hydroxylation sites is 1. The molecule has 3 aromatic carbocycles. The number of thioether (sulfide) groups is 1. The Balaban J connectivity index is 1.27. The van der Waals surface area contributed by atoms with Crippen molar-refractivity contribution in [2.45, 2.75) is 17.7 Å². The lowest BCUT2D eigenvalue weighted by molar-refractivity contribution is 0.0944. The van der Waals surface area contributed by atoms with Gasteiger partial charge in [-0.2, -0.15) is 0 Å². The smallest absolute Gasteiger partial charge is 0.349 e. The Hall–Kier alpha value is -3.46. The van der Waals surface area contributed by atoms with Gasteiger partial charge in [0.25, 0.3) is 5.91 Å². The molecule has 0 aliphatic carbocycles. The summed E-state index contributed by atoms with van der Waals surface area (Å²) < 4.78 is 6.73. The van der Waals surface area contributed by atoms with E-state index in [0.29, 0.717) is 5.58 Å². The van der Waals surface area contributed by atoms with Gasteiger partial charge in [0.15, 0.2) is 0 Å². The van der Waals surface area contributed by atoms with Gasteiger partial charge in [-0.25, -0.2) is 9.78 Å². The number of nitrogens with zero attached hydrogens (tertiary/aromatic N) is 2. The van der Waals surface area contributed by atoms with Crippen LogP contribution in [0.5, 0.6) is 0 Å². The minimum absolute atomic E-state index is 0.0227. The summed E-state index contributed by atoms with van der Waals surface area (Å²) in [4.78, 5) is 35.0. The first kappa shape index (κ1) is 22.7. The summed E-state index contributed by atoms with van der Waals surface area (Å²) in [7, 11) is 2.12. The fraction of sp³-hybridized carbons (Fsp3) is 0.207. The topological polar surface area (TPSA) is 75.4 Å². The number of carbonyl (C=O) groups is 1. The largest absolute Gasteiger partial charge is 0.422 e. The van der Waals surface area contributed by atoms with Crippen LogP contribution in [0.3, 0.4) is 0 Å². The summed E-state index contributed by atoms with van der Waals surface area (Å²) >= 11 is 3.37. The maximum absolute atomic E-state index is 13.6. The number of hydrogen-bond donors (Lipinski definition) is 1. The Morgan fingerprint density at radius 2 is 1.92 bits per heavy atom. The van der Waals surface area contributed by atoms with Crippen molar-refractivity contribution >= 4 is 61.0 Å². The first-order valence-corrected chi connectivity index (χ1v) is 13.9. The number of likely N-dealkylation sites (N-methyl/N-ethyl adjacent to an activating group) is 1. The average Bonchev–Trinajstić information content (AvgIpc) is 3.48. The minimum Gasteiger partial charge on any atom is -0.422 e. The number of thiazole rings is 1. The fourth-order valence-electron chi connectivity index (χ4n) is 5.37. The van der Waals surface area contributed by atoms with Crippen LogP contribution in [0.4, 0.5) is 0 Å². The minimum atomic E-state index is -0.628. The molecule has 0 fully saturated rings. The van der Waals surface area contributed by atoms with Crippen LogP contribution in [0.15, 0.2) is 86.4 Å². The molecular weight excluding hydrogens is 502 g/mol. The second kappa shape index (κ2) is 8.83. The van der Waals surface area contributed by atoms with E-state index >= 15 is 0 Å². The van der Waals surface area contributed by atoms with E-state index in [4.69, 9.17) is 9.40 Å². The van der Waals surface area contributed by atoms with Crippen LogP contribution in [0.25, 0.3) is 32.0 Å². The molecule has 5 aromatic rings. The van der Waals surface area contributed by atoms with E-state index in [1.807, 2.05) is 48.5 Å². The van der Waals surface area contributed by atoms with E-state index < -0.39 is 11.5 Å². The highest BCUT2D eigenvalue weighted by molar-refractivity contribution is 8.04. The van der Waals surface area contributed by atoms with Crippen molar-refractivity contribution in [3.05, 3.63) is 98.2 Å². The zero-order chi connectivity index (χ0) is 25.1. The second-order valence-electron chi connectivity index (χ2n) is 9.59. The third-order valence-electron chi connectivity index (χ3n) is 7.22. The molecular formula is C29H23N3O3S2. The molecule has 184 valence electrons. The fourth-order valence-corrected chi connectivity index (χ4v) is 8.18. The molecule has 0 saturated carbocycles. The summed E-state index contributed by atoms with van der Waals surface area (Å²) in [6, 6.07) is 21.4. The molecule has 7 rings (SSSR count). The van der Waals surface area contributed by atoms with Crippen molar-refractivity contribution in [3.63, 3.8) is 0 Å². The molecule has 6 nitrogen and oxygen atoms in total. The molecule has 2 aromatic heterocycles. The predicted molar refractivity (Wildman–Crippen MR) is 150 cm³/mol. The highest BCUT2D eigenvalue weighted by Gasteiger charge is 2.41. The number of fused-ring (bicyclic) bond motifs is 4. The number of carbonyl (C=O) groups excluding carboxylic acids is 1. The summed E-state index contributed by atoms with van der Waals surface area (Å²) in [6.07, 6.45) is 0.940. The van der Waals surface area contributed by atoms with E-state index in [1.54, 1.807) is 35.2 Å². The van der Waals surface area contributed by atoms with Gasteiger partial charge in [-0.05, 0) is 54.1 Å². The Bertz CT molecular complexity index is 1770. The Morgan fingerprint density at radius 1 is 1.08 bits per heavy atom. The summed E-state index contributed by atoms with van der Waals surface area (Å²) in [6.45, 7) is 1.83. The quantitative estimate of drug-likeness (QED) is 0.239. The van der Waals surface area contributed by atoms with Gasteiger partial charge in [0, 0.05) is 23.4 Å². The number of aromatic nitrogens is 1. The monoisotopic (exact) mass is 525 g/mol. The lowest BCUT2D eigenvalue weighted by atomic mass is 9.93. The normalized spacial score (nSPS) is 20.1. The van der Waals surface area contributed by atoms with Crippen molar-refractivity contribution in [3.8, 4) is 0 Å². The number of benzene rings is 3. The molecule has 4 heterocycles. The molecule has 0 saturated heterocycles. The van der Waals surface area contributed by atoms with Crippen LogP contribution in [-0.2, 0) is 0 Å². The third-order valence-corrected chi connectivity index (χ3v) is 9.66. The molecule has 1 amide bonds. The number of amides is 1. The van der Waals surface area contributed by atoms with Gasteiger partial charge in [-0.15, -0.1) is 23.1 Å². The first-order chi connectivity index (χ1) is 18.0. The lowest BCUT2D eigenvalue weighted by Gasteiger charge is -2.25. The molecule has 2 atom stereocenters. The predicted octanol–water partition coefficient (Wildman–Crippen LogP) is 5.73. The van der Waals surface area contributed by atoms with Crippen molar-refractivity contribution in [1.82, 2.24) is 15.2 Å². The SMILES string of the molecule is CN1CCC2=C(C1)SC(NC(=O)c1cc3c(ccc4ccccc43)oc1=O)C2c1nc2ccccc2s1. The van der Waals surface area contributed by atoms with Gasteiger partial charge < -0.3 is 14.6 Å². The van der Waals surface area contributed by atoms with Crippen molar-refractivity contribution in [2.75, 3.05) is 20.1 Å². The molecule has 2 aliphatic heterocycles. The lowest BCUT2D eigenvalue weighted by Crippen LogP contribution is -2.37. The number of hydrogen-bond acceptors (Lipinski definition) is 7. The van der Waals surface area contributed by atoms with Gasteiger partial charge in [-0.3, -0.25) is 4.79 Å². The third kappa shape index (κ3) is 3.87. The molecule has 0 bridgehead atoms. The summed E-state index contributed by atoms with van der Waals surface area (Å²) in [5, 5.41) is 6.67. The van der Waals surface area contributed by atoms with Crippen LogP contribution in [-0.4, -0.2) is 41.3 Å². The zero-order valence-corrected chi connectivity index (χ0v) is 21.7. The van der Waals surface area contributed by atoms with Crippen LogP contribution in [0.1, 0.15) is 27.7 Å². The van der Waals surface area contributed by atoms with E-state index in [2.05, 4.69) is 23.3 Å². The van der Waals surface area contributed by atoms with E-state index in [1.165, 1.54) is 10.5 Å². The van der Waals surface area contributed by atoms with Crippen molar-refractivity contribution in [1.29, 1.82) is 0 Å². The molecule has 2 unspecified atom stereocenters. The second-order valence-corrected chi connectivity index (χ2v) is 11.9. The van der Waals surface area contributed by atoms with Gasteiger partial charge in [-0.1, -0.05) is 42.5 Å². The highest BCUT2D eigenvalue weighted by Crippen LogP contribution is 2.50. The maximum atomic E-state index is 13.6. The Labute approximate surface area is 221 Å². The molecule has 37 heavy (non-hydrogen) atoms. The molecule has 8 heteroatoms. The summed E-state index contributed by atoms with van der Waals surface area (Å²) in [5.74, 6) is -0.441.